The van der Waals surface area contributed by atoms with E-state index in [0.717, 1.165) is 0 Å². The largest absolute Gasteiger partial charge is 0.393 e. The van der Waals surface area contributed by atoms with E-state index in [1.807, 2.05) is 0 Å². The molecule has 0 amide bonds. The van der Waals surface area contributed by atoms with Gasteiger partial charge in [0.1, 0.15) is 0 Å². The van der Waals surface area contributed by atoms with Crippen LogP contribution in [0.2, 0.25) is 0 Å². The lowest BCUT2D eigenvalue weighted by atomic mass is 9.95. The summed E-state index contributed by atoms with van der Waals surface area (Å²) < 4.78 is 37.6. The van der Waals surface area contributed by atoms with Gasteiger partial charge in [-0.05, 0) is 13.3 Å². The van der Waals surface area contributed by atoms with Crippen LogP contribution in [0.5, 0.6) is 0 Å². The van der Waals surface area contributed by atoms with Gasteiger partial charge in [-0.2, -0.15) is 18.3 Å². The van der Waals surface area contributed by atoms with Crippen LogP contribution in [0.4, 0.5) is 13.2 Å². The van der Waals surface area contributed by atoms with E-state index >= 15 is 0 Å². The summed E-state index contributed by atoms with van der Waals surface area (Å²) in [5.74, 6) is -1.30. The summed E-state index contributed by atoms with van der Waals surface area (Å²) in [5, 5.41) is 7.97. The highest BCUT2D eigenvalue weighted by molar-refractivity contribution is 5.23. The van der Waals surface area contributed by atoms with Crippen LogP contribution < -0.4 is 5.32 Å². The van der Waals surface area contributed by atoms with Crippen molar-refractivity contribution in [2.45, 2.75) is 25.6 Å². The summed E-state index contributed by atoms with van der Waals surface area (Å²) in [6.07, 6.45) is -0.724. The molecule has 2 atom stereocenters. The third-order valence-corrected chi connectivity index (χ3v) is 2.63. The van der Waals surface area contributed by atoms with E-state index in [-0.39, 0.29) is 19.0 Å². The molecule has 0 aliphatic carbocycles. The molecule has 0 spiro atoms. The second-order valence-electron chi connectivity index (χ2n) is 3.79. The SMILES string of the molecule is C=NN(/C=C\C)C1CNCC(C(F)(F)F)C1. The summed E-state index contributed by atoms with van der Waals surface area (Å²) >= 11 is 0. The predicted molar refractivity (Wildman–Crippen MR) is 57.0 cm³/mol. The monoisotopic (exact) mass is 235 g/mol. The van der Waals surface area contributed by atoms with E-state index in [4.69, 9.17) is 0 Å². The van der Waals surface area contributed by atoms with Crippen molar-refractivity contribution in [2.24, 2.45) is 11.0 Å². The van der Waals surface area contributed by atoms with E-state index < -0.39 is 12.1 Å². The van der Waals surface area contributed by atoms with Crippen molar-refractivity contribution >= 4 is 6.72 Å². The molecule has 1 N–H and O–H groups in total. The van der Waals surface area contributed by atoms with Gasteiger partial charge in [-0.25, -0.2) is 0 Å². The van der Waals surface area contributed by atoms with E-state index in [1.165, 1.54) is 5.01 Å². The molecule has 16 heavy (non-hydrogen) atoms. The number of nitrogens with zero attached hydrogens (tertiary/aromatic N) is 2. The number of nitrogens with one attached hydrogen (secondary N) is 1. The van der Waals surface area contributed by atoms with E-state index in [0.29, 0.717) is 6.54 Å². The van der Waals surface area contributed by atoms with Crippen LogP contribution in [0.15, 0.2) is 17.4 Å². The third kappa shape index (κ3) is 3.23. The Balaban J connectivity index is 2.65. The molecule has 0 radical (unpaired) electrons. The number of alkyl halides is 3. The molecule has 1 saturated heterocycles. The minimum Gasteiger partial charge on any atom is -0.314 e. The molecule has 1 aliphatic heterocycles. The minimum absolute atomic E-state index is 0.0131. The fourth-order valence-electron chi connectivity index (χ4n) is 1.81. The number of hydrogen-bond acceptors (Lipinski definition) is 3. The highest BCUT2D eigenvalue weighted by Gasteiger charge is 2.43. The van der Waals surface area contributed by atoms with Crippen LogP contribution in [-0.4, -0.2) is 37.0 Å². The molecule has 0 aromatic heterocycles. The van der Waals surface area contributed by atoms with Gasteiger partial charge in [0.25, 0.3) is 0 Å². The molecule has 0 aromatic carbocycles. The molecule has 6 heteroatoms. The van der Waals surface area contributed by atoms with Crippen LogP contribution in [0.3, 0.4) is 0 Å². The molecule has 2 unspecified atom stereocenters. The summed E-state index contributed by atoms with van der Waals surface area (Å²) in [7, 11) is 0. The smallest absolute Gasteiger partial charge is 0.314 e. The average Bonchev–Trinajstić information content (AvgIpc) is 2.25. The Morgan fingerprint density at radius 3 is 2.62 bits per heavy atom. The zero-order valence-corrected chi connectivity index (χ0v) is 9.17. The van der Waals surface area contributed by atoms with Crippen LogP contribution >= 0.6 is 0 Å². The molecule has 1 fully saturated rings. The third-order valence-electron chi connectivity index (χ3n) is 2.63. The van der Waals surface area contributed by atoms with Gasteiger partial charge in [0.2, 0.25) is 0 Å². The van der Waals surface area contributed by atoms with E-state index in [1.54, 1.807) is 19.2 Å². The molecule has 0 bridgehead atoms. The van der Waals surface area contributed by atoms with Crippen molar-refractivity contribution in [1.82, 2.24) is 10.3 Å². The lowest BCUT2D eigenvalue weighted by Crippen LogP contribution is -2.49. The Labute approximate surface area is 93.0 Å². The molecule has 1 rings (SSSR count). The summed E-state index contributed by atoms with van der Waals surface area (Å²) in [4.78, 5) is 0. The van der Waals surface area contributed by atoms with Gasteiger partial charge in [-0.1, -0.05) is 6.08 Å². The van der Waals surface area contributed by atoms with Gasteiger partial charge < -0.3 is 5.32 Å². The highest BCUT2D eigenvalue weighted by Crippen LogP contribution is 2.32. The first-order chi connectivity index (χ1) is 7.49. The first-order valence-corrected chi connectivity index (χ1v) is 5.14. The predicted octanol–water partition coefficient (Wildman–Crippen LogP) is 1.98. The molecule has 1 heterocycles. The topological polar surface area (TPSA) is 27.6 Å². The first kappa shape index (κ1) is 13.0. The number of rotatable bonds is 3. The zero-order chi connectivity index (χ0) is 12.2. The number of halogens is 3. The van der Waals surface area contributed by atoms with Gasteiger partial charge in [-0.15, -0.1) is 0 Å². The quantitative estimate of drug-likeness (QED) is 0.598. The molecular weight excluding hydrogens is 219 g/mol. The van der Waals surface area contributed by atoms with Crippen molar-refractivity contribution in [1.29, 1.82) is 0 Å². The second kappa shape index (κ2) is 5.34. The lowest BCUT2D eigenvalue weighted by molar-refractivity contribution is -0.181. The van der Waals surface area contributed by atoms with Gasteiger partial charge in [0, 0.05) is 26.0 Å². The number of hydrazone groups is 1. The van der Waals surface area contributed by atoms with Crippen LogP contribution in [-0.2, 0) is 0 Å². The fraction of sp³-hybridized carbons (Fsp3) is 0.700. The van der Waals surface area contributed by atoms with Gasteiger partial charge >= 0.3 is 6.18 Å². The Kier molecular flexibility index (Phi) is 4.35. The van der Waals surface area contributed by atoms with Crippen LogP contribution in [0.25, 0.3) is 0 Å². The molecule has 1 aliphatic rings. The van der Waals surface area contributed by atoms with E-state index in [2.05, 4.69) is 17.1 Å². The van der Waals surface area contributed by atoms with Crippen molar-refractivity contribution in [2.75, 3.05) is 13.1 Å². The number of piperidine rings is 1. The average molecular weight is 235 g/mol. The van der Waals surface area contributed by atoms with Crippen LogP contribution in [0.1, 0.15) is 13.3 Å². The van der Waals surface area contributed by atoms with Gasteiger partial charge in [-0.3, -0.25) is 5.01 Å². The summed E-state index contributed by atoms with van der Waals surface area (Å²) in [5.41, 5.74) is 0. The fourth-order valence-corrected chi connectivity index (χ4v) is 1.81. The Morgan fingerprint density at radius 1 is 1.44 bits per heavy atom. The maximum atomic E-state index is 12.5. The van der Waals surface area contributed by atoms with Gasteiger partial charge in [0.15, 0.2) is 0 Å². The summed E-state index contributed by atoms with van der Waals surface area (Å²) in [6.45, 7) is 5.63. The Bertz CT molecular complexity index is 263. The van der Waals surface area contributed by atoms with E-state index in [9.17, 15) is 13.2 Å². The standard InChI is InChI=1S/C10H16F3N3/c1-3-4-16(14-2)9-5-8(6-15-7-9)10(11,12)13/h3-4,8-9,15H,2,5-7H2,1H3/b4-3-. The first-order valence-electron chi connectivity index (χ1n) is 5.14. The van der Waals surface area contributed by atoms with Crippen molar-refractivity contribution in [3.63, 3.8) is 0 Å². The van der Waals surface area contributed by atoms with Gasteiger partial charge in [0.05, 0.1) is 12.0 Å². The Hall–Kier alpha value is -1.04. The zero-order valence-electron chi connectivity index (χ0n) is 9.17. The molecular formula is C10H16F3N3. The molecule has 0 aromatic rings. The normalized spacial score (nSPS) is 27.0. The number of hydrogen-bond donors (Lipinski definition) is 1. The summed E-state index contributed by atoms with van der Waals surface area (Å²) in [6, 6.07) is -0.283. The van der Waals surface area contributed by atoms with Crippen molar-refractivity contribution in [3.8, 4) is 0 Å². The molecule has 0 saturated carbocycles. The number of allylic oxidation sites excluding steroid dienone is 1. The maximum Gasteiger partial charge on any atom is 0.393 e. The lowest BCUT2D eigenvalue weighted by Gasteiger charge is -2.35. The van der Waals surface area contributed by atoms with Crippen molar-refractivity contribution < 1.29 is 13.2 Å². The maximum absolute atomic E-state index is 12.5. The van der Waals surface area contributed by atoms with Crippen LogP contribution in [0, 0.1) is 5.92 Å². The molecule has 3 nitrogen and oxygen atoms in total. The second-order valence-corrected chi connectivity index (χ2v) is 3.79. The Morgan fingerprint density at radius 2 is 2.12 bits per heavy atom. The molecule has 92 valence electrons. The van der Waals surface area contributed by atoms with Crippen molar-refractivity contribution in [3.05, 3.63) is 12.3 Å². The minimum atomic E-state index is -4.14. The highest BCUT2D eigenvalue weighted by atomic mass is 19.4.